The van der Waals surface area contributed by atoms with E-state index >= 15 is 0 Å². The summed E-state index contributed by atoms with van der Waals surface area (Å²) in [6.45, 7) is 3.31. The summed E-state index contributed by atoms with van der Waals surface area (Å²) in [7, 11) is 0. The van der Waals surface area contributed by atoms with Crippen molar-refractivity contribution < 1.29 is 24.2 Å². The number of amides is 2. The number of aliphatic hydroxyl groups is 1. The zero-order valence-corrected chi connectivity index (χ0v) is 18.0. The Hall–Kier alpha value is -2.26. The van der Waals surface area contributed by atoms with Crippen molar-refractivity contribution in [1.29, 1.82) is 0 Å². The second-order valence-corrected chi connectivity index (χ2v) is 7.69. The number of nitrogens with one attached hydrogen (secondary N) is 1. The number of hydrogen-bond donors (Lipinski definition) is 3. The van der Waals surface area contributed by atoms with Crippen molar-refractivity contribution in [3.05, 3.63) is 41.0 Å². The quantitative estimate of drug-likeness (QED) is 0.300. The van der Waals surface area contributed by atoms with Gasteiger partial charge in [-0.25, -0.2) is 0 Å². The molecule has 0 radical (unpaired) electrons. The lowest BCUT2D eigenvalue weighted by molar-refractivity contribution is -0.131. The van der Waals surface area contributed by atoms with Crippen molar-refractivity contribution in [2.24, 2.45) is 5.73 Å². The fourth-order valence-corrected chi connectivity index (χ4v) is 4.06. The summed E-state index contributed by atoms with van der Waals surface area (Å²) in [6, 6.07) is 5.65. The third-order valence-corrected chi connectivity index (χ3v) is 5.59. The molecule has 0 saturated heterocycles. The largest absolute Gasteiger partial charge is 0.396 e. The van der Waals surface area contributed by atoms with Gasteiger partial charge in [0.05, 0.1) is 38.9 Å². The Kier molecular flexibility index (Phi) is 9.02. The first kappa shape index (κ1) is 23.4. The minimum atomic E-state index is -0.336. The number of carbonyl (C=O) groups excluding carboxylic acids is 2. The highest BCUT2D eigenvalue weighted by molar-refractivity contribution is 6.12. The smallest absolute Gasteiger partial charge is 0.260 e. The third-order valence-electron chi connectivity index (χ3n) is 5.59. The number of unbranched alkanes of at least 4 members (excludes halogenated alkanes) is 2. The summed E-state index contributed by atoms with van der Waals surface area (Å²) >= 11 is 0. The maximum atomic E-state index is 13.1. The number of nitrogens with zero attached hydrogens (tertiary/aromatic N) is 1. The van der Waals surface area contributed by atoms with Crippen LogP contribution in [0.15, 0.2) is 24.3 Å². The van der Waals surface area contributed by atoms with Crippen molar-refractivity contribution in [3.63, 3.8) is 0 Å². The van der Waals surface area contributed by atoms with Crippen LogP contribution in [0.5, 0.6) is 0 Å². The van der Waals surface area contributed by atoms with Crippen molar-refractivity contribution in [3.8, 4) is 0 Å². The van der Waals surface area contributed by atoms with Gasteiger partial charge in [0, 0.05) is 36.5 Å². The molecule has 1 aromatic carbocycles. The first-order valence-electron chi connectivity index (χ1n) is 11.1. The van der Waals surface area contributed by atoms with E-state index in [1.165, 1.54) is 4.90 Å². The topological polar surface area (TPSA) is 114 Å². The van der Waals surface area contributed by atoms with Gasteiger partial charge in [0.2, 0.25) is 5.91 Å². The Balaban J connectivity index is 1.62. The molecule has 1 aliphatic carbocycles. The molecule has 0 fully saturated rings. The van der Waals surface area contributed by atoms with Gasteiger partial charge < -0.3 is 25.6 Å². The van der Waals surface area contributed by atoms with Crippen LogP contribution in [0.25, 0.3) is 5.70 Å². The molecule has 0 bridgehead atoms. The van der Waals surface area contributed by atoms with Gasteiger partial charge in [-0.15, -0.1) is 0 Å². The highest BCUT2D eigenvalue weighted by Crippen LogP contribution is 2.40. The molecule has 3 rings (SSSR count). The molecule has 1 aliphatic heterocycles. The van der Waals surface area contributed by atoms with E-state index in [-0.39, 0.29) is 37.5 Å². The van der Waals surface area contributed by atoms with Gasteiger partial charge in [-0.3, -0.25) is 14.5 Å². The van der Waals surface area contributed by atoms with E-state index < -0.39 is 0 Å². The second-order valence-electron chi connectivity index (χ2n) is 7.69. The molecule has 0 saturated carbocycles. The Morgan fingerprint density at radius 2 is 1.84 bits per heavy atom. The molecule has 4 N–H and O–H groups in total. The summed E-state index contributed by atoms with van der Waals surface area (Å²) in [4.78, 5) is 27.5. The fraction of sp³-hybridized carbons (Fsp3) is 0.565. The van der Waals surface area contributed by atoms with Gasteiger partial charge >= 0.3 is 0 Å². The predicted molar refractivity (Wildman–Crippen MR) is 117 cm³/mol. The molecule has 1 heterocycles. The maximum Gasteiger partial charge on any atom is 0.260 e. The lowest BCUT2D eigenvalue weighted by atomic mass is 9.78. The number of benzene rings is 1. The number of nitrogens with two attached hydrogens (primary N) is 1. The number of ether oxygens (including phenoxy) is 2. The number of allylic oxidation sites excluding steroid dienone is 1. The number of aliphatic hydroxyl groups excluding tert-OH is 1. The monoisotopic (exact) mass is 431 g/mol. The van der Waals surface area contributed by atoms with Gasteiger partial charge in [-0.2, -0.15) is 0 Å². The van der Waals surface area contributed by atoms with E-state index in [0.717, 1.165) is 42.6 Å². The van der Waals surface area contributed by atoms with Crippen LogP contribution in [-0.2, 0) is 14.3 Å². The molecule has 0 spiro atoms. The number of imide groups is 1. The number of carbonyl (C=O) groups is 2. The molecule has 8 nitrogen and oxygen atoms in total. The van der Waals surface area contributed by atoms with Gasteiger partial charge in [0.15, 0.2) is 0 Å². The number of hydrogen-bond acceptors (Lipinski definition) is 7. The molecular weight excluding hydrogens is 398 g/mol. The SMILES string of the molecule is NCCOCCOCCN1C(=O)c2cccc3c2C(CC=C3NCCCCCO)C1=O. The van der Waals surface area contributed by atoms with Gasteiger partial charge in [-0.1, -0.05) is 18.2 Å². The first-order chi connectivity index (χ1) is 15.2. The Morgan fingerprint density at radius 3 is 2.61 bits per heavy atom. The van der Waals surface area contributed by atoms with Crippen LogP contribution >= 0.6 is 0 Å². The van der Waals surface area contributed by atoms with Crippen LogP contribution < -0.4 is 11.1 Å². The molecule has 1 atom stereocenters. The summed E-state index contributed by atoms with van der Waals surface area (Å²) in [5, 5.41) is 12.3. The minimum absolute atomic E-state index is 0.161. The van der Waals surface area contributed by atoms with Crippen molar-refractivity contribution in [1.82, 2.24) is 10.2 Å². The summed E-state index contributed by atoms with van der Waals surface area (Å²) in [5.41, 5.74) is 8.71. The van der Waals surface area contributed by atoms with Crippen LogP contribution in [0.1, 0.15) is 53.1 Å². The lowest BCUT2D eigenvalue weighted by Gasteiger charge is -2.36. The van der Waals surface area contributed by atoms with Gasteiger partial charge in [-0.05, 0) is 37.3 Å². The molecular formula is C23H33N3O5. The highest BCUT2D eigenvalue weighted by Gasteiger charge is 2.41. The lowest BCUT2D eigenvalue weighted by Crippen LogP contribution is -2.47. The molecule has 8 heteroatoms. The fourth-order valence-electron chi connectivity index (χ4n) is 4.06. The Morgan fingerprint density at radius 1 is 1.06 bits per heavy atom. The maximum absolute atomic E-state index is 13.1. The second kappa shape index (κ2) is 12.0. The Bertz CT molecular complexity index is 795. The number of rotatable bonds is 14. The zero-order valence-electron chi connectivity index (χ0n) is 18.0. The molecule has 170 valence electrons. The average Bonchev–Trinajstić information content (AvgIpc) is 2.79. The van der Waals surface area contributed by atoms with Crippen molar-refractivity contribution in [2.75, 3.05) is 52.7 Å². The summed E-state index contributed by atoms with van der Waals surface area (Å²) < 4.78 is 10.8. The molecule has 2 aliphatic rings. The molecule has 1 unspecified atom stereocenters. The summed E-state index contributed by atoms with van der Waals surface area (Å²) in [6.07, 6.45) is 5.34. The van der Waals surface area contributed by atoms with Crippen molar-refractivity contribution >= 4 is 17.5 Å². The van der Waals surface area contributed by atoms with E-state index in [9.17, 15) is 9.59 Å². The third kappa shape index (κ3) is 5.71. The van der Waals surface area contributed by atoms with Crippen LogP contribution in [0, 0.1) is 0 Å². The molecule has 1 aromatic rings. The van der Waals surface area contributed by atoms with E-state index in [4.69, 9.17) is 20.3 Å². The standard InChI is InChI=1S/C23H33N3O5/c24-9-13-30-15-16-31-14-11-26-22(28)18-6-4-5-17-20(25-10-2-1-3-12-27)8-7-19(21(17)18)23(26)29/h4-6,8,19,25,27H,1-3,7,9-16,24H2. The van der Waals surface area contributed by atoms with Crippen LogP contribution in [-0.4, -0.2) is 74.5 Å². The molecule has 31 heavy (non-hydrogen) atoms. The highest BCUT2D eigenvalue weighted by atomic mass is 16.5. The van der Waals surface area contributed by atoms with E-state index in [2.05, 4.69) is 11.4 Å². The van der Waals surface area contributed by atoms with Crippen molar-refractivity contribution in [2.45, 2.75) is 31.6 Å². The van der Waals surface area contributed by atoms with E-state index in [0.29, 0.717) is 38.3 Å². The minimum Gasteiger partial charge on any atom is -0.396 e. The average molecular weight is 432 g/mol. The normalized spacial score (nSPS) is 17.5. The van der Waals surface area contributed by atoms with Crippen LogP contribution in [0.2, 0.25) is 0 Å². The predicted octanol–water partition coefficient (Wildman–Crippen LogP) is 1.24. The van der Waals surface area contributed by atoms with Crippen LogP contribution in [0.3, 0.4) is 0 Å². The van der Waals surface area contributed by atoms with E-state index in [1.54, 1.807) is 6.07 Å². The zero-order chi connectivity index (χ0) is 22.1. The summed E-state index contributed by atoms with van der Waals surface area (Å²) in [5.74, 6) is -0.756. The molecule has 2 amide bonds. The van der Waals surface area contributed by atoms with E-state index in [1.807, 2.05) is 12.1 Å². The Labute approximate surface area is 183 Å². The molecule has 0 aromatic heterocycles. The first-order valence-corrected chi connectivity index (χ1v) is 11.1. The van der Waals surface area contributed by atoms with Gasteiger partial charge in [0.25, 0.3) is 5.91 Å². The van der Waals surface area contributed by atoms with Crippen LogP contribution in [0.4, 0.5) is 0 Å². The van der Waals surface area contributed by atoms with Gasteiger partial charge in [0.1, 0.15) is 0 Å².